The topological polar surface area (TPSA) is 90.0 Å². The van der Waals surface area contributed by atoms with Crippen LogP contribution < -0.4 is 10.2 Å². The Kier molecular flexibility index (Phi) is 3.37. The highest BCUT2D eigenvalue weighted by molar-refractivity contribution is 6.24. The number of imide groups is 2. The quantitative estimate of drug-likeness (QED) is 0.531. The number of halogens is 3. The molecule has 0 radical (unpaired) electrons. The Morgan fingerprint density at radius 2 is 1.47 bits per heavy atom. The fourth-order valence-corrected chi connectivity index (χ4v) is 3.49. The van der Waals surface area contributed by atoms with Crippen LogP contribution >= 0.6 is 0 Å². The molecule has 0 aliphatic carbocycles. The Balaban J connectivity index is 1.98. The molecule has 1 unspecified atom stereocenters. The second-order valence-electron chi connectivity index (χ2n) is 8.28. The van der Waals surface area contributed by atoms with Crippen LogP contribution in [0.5, 0.6) is 0 Å². The zero-order valence-corrected chi connectivity index (χ0v) is 17.1. The number of nitrogens with zero attached hydrogens (tertiary/aromatic N) is 3. The standard InChI is InChI=1S/C21H23F3N4O4/c1-21(2,3)27-8-6-26(7-9-27)17-15(23)13-12(14(22)16(17)24)19(31)28(20(13)32)10-4-5-11(29)25-18(10)30/h10H,4-9H2,1-3H3,(H,25,29,30)/i6D2,7D2,8D2,9D2. The van der Waals surface area contributed by atoms with Crippen LogP contribution in [0.4, 0.5) is 18.9 Å². The molecule has 0 bridgehead atoms. The SMILES string of the molecule is [2H]C1([2H])N(c2c(F)c(F)c3c(c2F)C(=O)N(C2CCC(=O)NC2=O)C3=O)C([2H])([2H])C([2H])([2H])N(C(C)(C)C)C1([2H])[2H]. The molecule has 1 atom stereocenters. The number of piperazine rings is 1. The molecule has 172 valence electrons. The van der Waals surface area contributed by atoms with E-state index in [9.17, 15) is 19.2 Å². The van der Waals surface area contributed by atoms with Gasteiger partial charge < -0.3 is 4.90 Å². The summed E-state index contributed by atoms with van der Waals surface area (Å²) in [7, 11) is 0. The van der Waals surface area contributed by atoms with Gasteiger partial charge in [0, 0.05) is 43.4 Å². The molecule has 0 saturated carbocycles. The molecule has 8 nitrogen and oxygen atoms in total. The average Bonchev–Trinajstić information content (AvgIpc) is 3.03. The first-order valence-electron chi connectivity index (χ1n) is 13.5. The van der Waals surface area contributed by atoms with Crippen LogP contribution in [0.2, 0.25) is 0 Å². The molecule has 0 spiro atoms. The Morgan fingerprint density at radius 3 is 2.00 bits per heavy atom. The number of anilines is 1. The highest BCUT2D eigenvalue weighted by Gasteiger charge is 2.49. The molecule has 4 amide bonds. The predicted octanol–water partition coefficient (Wildman–Crippen LogP) is 1.43. The lowest BCUT2D eigenvalue weighted by Gasteiger charge is -2.43. The lowest BCUT2D eigenvalue weighted by molar-refractivity contribution is -0.136. The van der Waals surface area contributed by atoms with E-state index < -0.39 is 107 Å². The minimum Gasteiger partial charge on any atom is -0.364 e. The fourth-order valence-electron chi connectivity index (χ4n) is 3.49. The van der Waals surface area contributed by atoms with Gasteiger partial charge >= 0.3 is 0 Å². The van der Waals surface area contributed by atoms with Gasteiger partial charge in [-0.2, -0.15) is 0 Å². The van der Waals surface area contributed by atoms with Gasteiger partial charge in [0.25, 0.3) is 11.8 Å². The summed E-state index contributed by atoms with van der Waals surface area (Å²) >= 11 is 0. The summed E-state index contributed by atoms with van der Waals surface area (Å²) < 4.78 is 114. The molecule has 3 aliphatic heterocycles. The van der Waals surface area contributed by atoms with E-state index in [-0.39, 0.29) is 16.2 Å². The summed E-state index contributed by atoms with van der Waals surface area (Å²) in [5.74, 6) is -12.0. The summed E-state index contributed by atoms with van der Waals surface area (Å²) in [6.07, 6.45) is -0.772. The van der Waals surface area contributed by atoms with Crippen LogP contribution in [0.1, 0.15) is 65.3 Å². The maximum Gasteiger partial charge on any atom is 0.265 e. The van der Waals surface area contributed by atoms with Crippen LogP contribution in [0.15, 0.2) is 0 Å². The Morgan fingerprint density at radius 1 is 0.906 bits per heavy atom. The molecule has 1 N–H and O–H groups in total. The zero-order valence-electron chi connectivity index (χ0n) is 25.1. The van der Waals surface area contributed by atoms with E-state index in [4.69, 9.17) is 11.0 Å². The van der Waals surface area contributed by atoms with Crippen LogP contribution in [-0.2, 0) is 9.59 Å². The molecule has 11 heteroatoms. The number of amides is 4. The molecule has 4 rings (SSSR count). The molecule has 2 fully saturated rings. The summed E-state index contributed by atoms with van der Waals surface area (Å²) in [6, 6.07) is -1.72. The number of benzene rings is 1. The van der Waals surface area contributed by atoms with E-state index in [0.29, 0.717) is 0 Å². The highest BCUT2D eigenvalue weighted by atomic mass is 19.2. The molecule has 2 saturated heterocycles. The number of hydrogen-bond donors (Lipinski definition) is 1. The van der Waals surface area contributed by atoms with E-state index in [1.807, 2.05) is 5.32 Å². The number of rotatable bonds is 2. The van der Waals surface area contributed by atoms with Crippen LogP contribution in [0, 0.1) is 17.5 Å². The van der Waals surface area contributed by atoms with E-state index in [2.05, 4.69) is 0 Å². The normalized spacial score (nSPS) is 32.5. The largest absolute Gasteiger partial charge is 0.364 e. The molecule has 0 aromatic heterocycles. The third-order valence-electron chi connectivity index (χ3n) is 5.13. The molecule has 1 aromatic rings. The van der Waals surface area contributed by atoms with E-state index in [0.717, 1.165) is 0 Å². The van der Waals surface area contributed by atoms with Crippen LogP contribution in [0.3, 0.4) is 0 Å². The molecule has 3 aliphatic rings. The fraction of sp³-hybridized carbons (Fsp3) is 0.524. The van der Waals surface area contributed by atoms with Gasteiger partial charge in [-0.3, -0.25) is 34.3 Å². The van der Waals surface area contributed by atoms with E-state index in [1.165, 1.54) is 20.8 Å². The molecule has 1 aromatic carbocycles. The lowest BCUT2D eigenvalue weighted by atomic mass is 10.0. The van der Waals surface area contributed by atoms with E-state index in [1.54, 1.807) is 0 Å². The molecule has 3 heterocycles. The molecular weight excluding hydrogens is 429 g/mol. The monoisotopic (exact) mass is 460 g/mol. The Bertz CT molecular complexity index is 1360. The van der Waals surface area contributed by atoms with Crippen LogP contribution in [-0.4, -0.2) is 71.0 Å². The minimum absolute atomic E-state index is 0.0984. The third-order valence-corrected chi connectivity index (χ3v) is 5.13. The van der Waals surface area contributed by atoms with Gasteiger partial charge in [-0.15, -0.1) is 0 Å². The minimum atomic E-state index is -3.83. The van der Waals surface area contributed by atoms with Crippen molar-refractivity contribution in [2.45, 2.75) is 45.2 Å². The maximum atomic E-state index is 16.0. The number of hydrogen-bond acceptors (Lipinski definition) is 6. The van der Waals surface area contributed by atoms with Gasteiger partial charge in [0.15, 0.2) is 17.5 Å². The van der Waals surface area contributed by atoms with Crippen molar-refractivity contribution in [3.05, 3.63) is 28.6 Å². The van der Waals surface area contributed by atoms with Crippen molar-refractivity contribution in [1.82, 2.24) is 15.1 Å². The molecular formula is C21H23F3N4O4. The van der Waals surface area contributed by atoms with Crippen molar-refractivity contribution in [2.24, 2.45) is 0 Å². The van der Waals surface area contributed by atoms with Gasteiger partial charge in [-0.25, -0.2) is 13.2 Å². The number of piperidine rings is 1. The highest BCUT2D eigenvalue weighted by Crippen LogP contribution is 2.38. The van der Waals surface area contributed by atoms with Gasteiger partial charge in [-0.05, 0) is 27.2 Å². The van der Waals surface area contributed by atoms with Crippen molar-refractivity contribution in [2.75, 3.05) is 30.9 Å². The third kappa shape index (κ3) is 3.35. The summed E-state index contributed by atoms with van der Waals surface area (Å²) in [6.45, 7) is -11.0. The van der Waals surface area contributed by atoms with Crippen molar-refractivity contribution < 1.29 is 43.3 Å². The number of nitrogens with one attached hydrogen (secondary N) is 1. The van der Waals surface area contributed by atoms with Crippen LogP contribution in [0.25, 0.3) is 0 Å². The number of fused-ring (bicyclic) bond motifs is 1. The second kappa shape index (κ2) is 7.58. The average molecular weight is 460 g/mol. The zero-order chi connectivity index (χ0) is 30.7. The Labute approximate surface area is 193 Å². The van der Waals surface area contributed by atoms with Gasteiger partial charge in [0.2, 0.25) is 11.8 Å². The smallest absolute Gasteiger partial charge is 0.265 e. The van der Waals surface area contributed by atoms with Crippen molar-refractivity contribution in [3.63, 3.8) is 0 Å². The number of carbonyl (C=O) groups excluding carboxylic acids is 4. The van der Waals surface area contributed by atoms with Gasteiger partial charge in [0.05, 0.1) is 16.6 Å². The Hall–Kier alpha value is -2.95. The number of carbonyl (C=O) groups is 4. The van der Waals surface area contributed by atoms with Crippen molar-refractivity contribution in [1.29, 1.82) is 0 Å². The first-order valence-corrected chi connectivity index (χ1v) is 9.48. The summed E-state index contributed by atoms with van der Waals surface area (Å²) in [5, 5.41) is 1.85. The van der Waals surface area contributed by atoms with Crippen molar-refractivity contribution >= 4 is 29.3 Å². The second-order valence-corrected chi connectivity index (χ2v) is 8.28. The molecule has 32 heavy (non-hydrogen) atoms. The lowest BCUT2D eigenvalue weighted by Crippen LogP contribution is -2.54. The first kappa shape index (κ1) is 14.2. The van der Waals surface area contributed by atoms with Gasteiger partial charge in [0.1, 0.15) is 11.7 Å². The van der Waals surface area contributed by atoms with Gasteiger partial charge in [-0.1, -0.05) is 0 Å². The summed E-state index contributed by atoms with van der Waals surface area (Å²) in [5.41, 5.74) is -6.55. The first-order chi connectivity index (χ1) is 18.0. The van der Waals surface area contributed by atoms with Crippen molar-refractivity contribution in [3.8, 4) is 0 Å². The maximum absolute atomic E-state index is 16.0. The van der Waals surface area contributed by atoms with E-state index >= 15 is 13.2 Å². The predicted molar refractivity (Wildman–Crippen MR) is 107 cm³/mol. The summed E-state index contributed by atoms with van der Waals surface area (Å²) in [4.78, 5) is 49.6.